The van der Waals surface area contributed by atoms with Crippen LogP contribution in [0.5, 0.6) is 0 Å². The van der Waals surface area contributed by atoms with Crippen molar-refractivity contribution in [1.29, 1.82) is 0 Å². The van der Waals surface area contributed by atoms with Crippen molar-refractivity contribution in [3.05, 3.63) is 105 Å². The highest BCUT2D eigenvalue weighted by Crippen LogP contribution is 2.22. The van der Waals surface area contributed by atoms with Crippen LogP contribution in [-0.2, 0) is 17.8 Å². The molecule has 7 nitrogen and oxygen atoms in total. The molecule has 3 aromatic carbocycles. The Morgan fingerprint density at radius 2 is 1.91 bits per heavy atom. The first-order valence-electron chi connectivity index (χ1n) is 10.1. The molecule has 0 bridgehead atoms. The maximum Gasteiger partial charge on any atom is 0.338 e. The number of carbonyl (C=O) groups excluding carboxylic acids is 1. The van der Waals surface area contributed by atoms with Crippen molar-refractivity contribution in [3.63, 3.8) is 0 Å². The Bertz CT molecular complexity index is 1450. The molecule has 0 spiro atoms. The SMILES string of the molecule is O=C(OCc1nc(Cc2ccccc2Br)n[nH]1)c1ccc2ncn(-c3ccc(Cl)cc3)c2c1. The number of imidazole rings is 1. The molecule has 2 aromatic heterocycles. The monoisotopic (exact) mass is 521 g/mol. The number of aromatic nitrogens is 5. The van der Waals surface area contributed by atoms with Crippen molar-refractivity contribution >= 4 is 44.5 Å². The molecule has 5 aromatic rings. The van der Waals surface area contributed by atoms with Crippen molar-refractivity contribution in [3.8, 4) is 5.69 Å². The Morgan fingerprint density at radius 3 is 2.73 bits per heavy atom. The topological polar surface area (TPSA) is 85.7 Å². The molecule has 0 saturated carbocycles. The van der Waals surface area contributed by atoms with E-state index in [0.29, 0.717) is 28.7 Å². The third-order valence-electron chi connectivity index (χ3n) is 5.11. The number of nitrogens with one attached hydrogen (secondary N) is 1. The van der Waals surface area contributed by atoms with E-state index in [1.165, 1.54) is 0 Å². The second kappa shape index (κ2) is 9.17. The zero-order chi connectivity index (χ0) is 22.8. The van der Waals surface area contributed by atoms with Crippen LogP contribution in [-0.4, -0.2) is 30.7 Å². The molecule has 0 saturated heterocycles. The average Bonchev–Trinajstić information content (AvgIpc) is 3.46. The van der Waals surface area contributed by atoms with Crippen LogP contribution < -0.4 is 0 Å². The van der Waals surface area contributed by atoms with Gasteiger partial charge in [-0.3, -0.25) is 9.67 Å². The van der Waals surface area contributed by atoms with Crippen LogP contribution in [0, 0.1) is 0 Å². The van der Waals surface area contributed by atoms with Gasteiger partial charge in [0.1, 0.15) is 6.33 Å². The number of hydrogen-bond acceptors (Lipinski definition) is 5. The van der Waals surface area contributed by atoms with Crippen molar-refractivity contribution in [2.24, 2.45) is 0 Å². The van der Waals surface area contributed by atoms with Gasteiger partial charge in [-0.1, -0.05) is 45.7 Å². The summed E-state index contributed by atoms with van der Waals surface area (Å²) in [4.78, 5) is 21.5. The number of benzene rings is 3. The second-order valence-electron chi connectivity index (χ2n) is 7.34. The highest BCUT2D eigenvalue weighted by Gasteiger charge is 2.13. The summed E-state index contributed by atoms with van der Waals surface area (Å²) < 4.78 is 8.35. The number of rotatable bonds is 6. The third-order valence-corrected chi connectivity index (χ3v) is 6.14. The predicted molar refractivity (Wildman–Crippen MR) is 129 cm³/mol. The van der Waals surface area contributed by atoms with Gasteiger partial charge >= 0.3 is 5.97 Å². The van der Waals surface area contributed by atoms with Gasteiger partial charge in [-0.15, -0.1) is 0 Å². The molecule has 0 aliphatic rings. The van der Waals surface area contributed by atoms with Crippen LogP contribution in [0.25, 0.3) is 16.7 Å². The van der Waals surface area contributed by atoms with Gasteiger partial charge in [0.2, 0.25) is 0 Å². The summed E-state index contributed by atoms with van der Waals surface area (Å²) in [5.41, 5.74) is 3.96. The summed E-state index contributed by atoms with van der Waals surface area (Å²) in [6, 6.07) is 20.6. The van der Waals surface area contributed by atoms with Crippen LogP contribution in [0.1, 0.15) is 27.6 Å². The standard InChI is InChI=1S/C24H17BrClN5O2/c25-19-4-2-1-3-15(19)12-22-28-23(30-29-22)13-33-24(32)16-5-10-20-21(11-16)31(14-27-20)18-8-6-17(26)7-9-18/h1-11,14H,12-13H2,(H,28,29,30). The molecule has 0 atom stereocenters. The molecule has 0 fully saturated rings. The highest BCUT2D eigenvalue weighted by molar-refractivity contribution is 9.10. The van der Waals surface area contributed by atoms with Crippen molar-refractivity contribution in [2.75, 3.05) is 0 Å². The van der Waals surface area contributed by atoms with E-state index in [9.17, 15) is 4.79 Å². The first-order chi connectivity index (χ1) is 16.1. The third kappa shape index (κ3) is 4.67. The van der Waals surface area contributed by atoms with Gasteiger partial charge in [0.25, 0.3) is 0 Å². The molecule has 0 aliphatic carbocycles. The van der Waals surface area contributed by atoms with Crippen LogP contribution in [0.15, 0.2) is 77.5 Å². The van der Waals surface area contributed by atoms with Gasteiger partial charge in [-0.25, -0.2) is 14.8 Å². The summed E-state index contributed by atoms with van der Waals surface area (Å²) >= 11 is 9.52. The Morgan fingerprint density at radius 1 is 1.09 bits per heavy atom. The second-order valence-corrected chi connectivity index (χ2v) is 8.63. The van der Waals surface area contributed by atoms with E-state index >= 15 is 0 Å². The van der Waals surface area contributed by atoms with Crippen molar-refractivity contribution < 1.29 is 9.53 Å². The molecular weight excluding hydrogens is 506 g/mol. The van der Waals surface area contributed by atoms with Gasteiger partial charge in [0, 0.05) is 21.6 Å². The summed E-state index contributed by atoms with van der Waals surface area (Å²) in [6.07, 6.45) is 2.28. The molecule has 0 radical (unpaired) electrons. The van der Waals surface area contributed by atoms with Gasteiger partial charge in [-0.2, -0.15) is 5.10 Å². The number of H-pyrrole nitrogens is 1. The predicted octanol–water partition coefficient (Wildman–Crippen LogP) is 5.51. The zero-order valence-electron chi connectivity index (χ0n) is 17.2. The lowest BCUT2D eigenvalue weighted by atomic mass is 10.1. The molecule has 2 heterocycles. The van der Waals surface area contributed by atoms with E-state index in [0.717, 1.165) is 26.8 Å². The molecule has 9 heteroatoms. The molecule has 0 amide bonds. The first-order valence-corrected chi connectivity index (χ1v) is 11.3. The Hall–Kier alpha value is -3.49. The number of carbonyl (C=O) groups is 1. The first kappa shape index (κ1) is 21.4. The minimum absolute atomic E-state index is 0.00369. The lowest BCUT2D eigenvalue weighted by molar-refractivity contribution is 0.0462. The van der Waals surface area contributed by atoms with Gasteiger partial charge in [0.05, 0.1) is 16.6 Å². The summed E-state index contributed by atoms with van der Waals surface area (Å²) in [5, 5.41) is 7.71. The number of hydrogen-bond donors (Lipinski definition) is 1. The molecule has 164 valence electrons. The molecule has 0 aliphatic heterocycles. The number of esters is 1. The lowest BCUT2D eigenvalue weighted by Gasteiger charge is -2.06. The molecule has 33 heavy (non-hydrogen) atoms. The van der Waals surface area contributed by atoms with Gasteiger partial charge in [-0.05, 0) is 54.1 Å². The fraction of sp³-hybridized carbons (Fsp3) is 0.0833. The number of ether oxygens (including phenoxy) is 1. The maximum atomic E-state index is 12.7. The van der Waals surface area contributed by atoms with Crippen LogP contribution in [0.3, 0.4) is 0 Å². The Labute approximate surface area is 202 Å². The zero-order valence-corrected chi connectivity index (χ0v) is 19.5. The van der Waals surface area contributed by atoms with Crippen LogP contribution in [0.4, 0.5) is 0 Å². The lowest BCUT2D eigenvalue weighted by Crippen LogP contribution is -2.06. The largest absolute Gasteiger partial charge is 0.454 e. The maximum absolute atomic E-state index is 12.7. The summed E-state index contributed by atoms with van der Waals surface area (Å²) in [6.45, 7) is -0.00369. The van der Waals surface area contributed by atoms with Crippen LogP contribution in [0.2, 0.25) is 5.02 Å². The minimum Gasteiger partial charge on any atom is -0.454 e. The average molecular weight is 523 g/mol. The summed E-state index contributed by atoms with van der Waals surface area (Å²) in [7, 11) is 0. The van der Waals surface area contributed by atoms with Crippen LogP contribution >= 0.6 is 27.5 Å². The smallest absolute Gasteiger partial charge is 0.338 e. The molecule has 0 unspecified atom stereocenters. The van der Waals surface area contributed by atoms with Crippen molar-refractivity contribution in [2.45, 2.75) is 13.0 Å². The van der Waals surface area contributed by atoms with E-state index in [1.807, 2.05) is 53.1 Å². The summed E-state index contributed by atoms with van der Waals surface area (Å²) in [5.74, 6) is 0.656. The van der Waals surface area contributed by atoms with E-state index in [1.54, 1.807) is 24.5 Å². The van der Waals surface area contributed by atoms with E-state index in [-0.39, 0.29) is 6.61 Å². The minimum atomic E-state index is -0.454. The molecule has 5 rings (SSSR count). The van der Waals surface area contributed by atoms with Gasteiger partial charge in [0.15, 0.2) is 18.3 Å². The molecule has 1 N–H and O–H groups in total. The number of nitrogens with zero attached hydrogens (tertiary/aromatic N) is 4. The highest BCUT2D eigenvalue weighted by atomic mass is 79.9. The normalized spacial score (nSPS) is 11.1. The van der Waals surface area contributed by atoms with E-state index in [2.05, 4.69) is 36.1 Å². The molecular formula is C24H17BrClN5O2. The van der Waals surface area contributed by atoms with E-state index < -0.39 is 5.97 Å². The number of halogens is 2. The Kier molecular flexibility index (Phi) is 5.93. The fourth-order valence-corrected chi connectivity index (χ4v) is 4.00. The van der Waals surface area contributed by atoms with Crippen molar-refractivity contribution in [1.82, 2.24) is 24.7 Å². The number of aromatic amines is 1. The van der Waals surface area contributed by atoms with E-state index in [4.69, 9.17) is 16.3 Å². The fourth-order valence-electron chi connectivity index (χ4n) is 3.45. The Balaban J connectivity index is 1.29. The number of fused-ring (bicyclic) bond motifs is 1. The quantitative estimate of drug-likeness (QED) is 0.297. The van der Waals surface area contributed by atoms with Gasteiger partial charge < -0.3 is 4.74 Å².